The molecule has 0 saturated carbocycles. The SMILES string of the molecule is COc1ccc([C@@H](CC(N)=O)CC(=O)O)cc1. The first-order valence-corrected chi connectivity index (χ1v) is 5.17. The number of hydrogen-bond donors (Lipinski definition) is 2. The molecule has 92 valence electrons. The highest BCUT2D eigenvalue weighted by Gasteiger charge is 2.17. The molecule has 0 radical (unpaired) electrons. The number of methoxy groups -OCH3 is 1. The van der Waals surface area contributed by atoms with Gasteiger partial charge in [0, 0.05) is 12.3 Å². The first-order valence-electron chi connectivity index (χ1n) is 5.17. The van der Waals surface area contributed by atoms with Crippen LogP contribution in [0.15, 0.2) is 24.3 Å². The third-order valence-electron chi connectivity index (χ3n) is 2.46. The number of carbonyl (C=O) groups excluding carboxylic acids is 1. The van der Waals surface area contributed by atoms with Crippen molar-refractivity contribution in [3.8, 4) is 5.75 Å². The topological polar surface area (TPSA) is 89.6 Å². The molecular weight excluding hydrogens is 222 g/mol. The fraction of sp³-hybridized carbons (Fsp3) is 0.333. The first-order chi connectivity index (χ1) is 8.02. The van der Waals surface area contributed by atoms with Gasteiger partial charge < -0.3 is 15.6 Å². The quantitative estimate of drug-likeness (QED) is 0.776. The van der Waals surface area contributed by atoms with Crippen LogP contribution in [0, 0.1) is 0 Å². The van der Waals surface area contributed by atoms with Gasteiger partial charge in [-0.2, -0.15) is 0 Å². The number of ether oxygens (including phenoxy) is 1. The molecule has 5 nitrogen and oxygen atoms in total. The Morgan fingerprint density at radius 1 is 1.29 bits per heavy atom. The Morgan fingerprint density at radius 3 is 2.29 bits per heavy atom. The number of carbonyl (C=O) groups is 2. The molecule has 1 aromatic carbocycles. The van der Waals surface area contributed by atoms with E-state index in [9.17, 15) is 9.59 Å². The second kappa shape index (κ2) is 5.89. The molecule has 1 rings (SSSR count). The first kappa shape index (κ1) is 13.0. The van der Waals surface area contributed by atoms with E-state index < -0.39 is 17.8 Å². The van der Waals surface area contributed by atoms with Gasteiger partial charge in [-0.15, -0.1) is 0 Å². The lowest BCUT2D eigenvalue weighted by atomic mass is 9.92. The number of primary amides is 1. The number of aliphatic carboxylic acids is 1. The molecular formula is C12H15NO4. The molecule has 0 saturated heterocycles. The summed E-state index contributed by atoms with van der Waals surface area (Å²) in [6.07, 6.45) is -0.0894. The standard InChI is InChI=1S/C12H15NO4/c1-17-10-4-2-8(3-5-10)9(6-11(13)14)7-12(15)16/h2-5,9H,6-7H2,1H3,(H2,13,14)(H,15,16)/t9-/m0/s1. The Balaban J connectivity index is 2.86. The van der Waals surface area contributed by atoms with Crippen molar-refractivity contribution in [2.24, 2.45) is 5.73 Å². The highest BCUT2D eigenvalue weighted by Crippen LogP contribution is 2.25. The average molecular weight is 237 g/mol. The molecule has 0 aliphatic carbocycles. The molecule has 5 heteroatoms. The van der Waals surface area contributed by atoms with Crippen LogP contribution in [0.5, 0.6) is 5.75 Å². The zero-order valence-corrected chi connectivity index (χ0v) is 9.55. The molecule has 0 aromatic heterocycles. The van der Waals surface area contributed by atoms with Crippen LogP contribution in [0.4, 0.5) is 0 Å². The second-order valence-corrected chi connectivity index (χ2v) is 3.74. The van der Waals surface area contributed by atoms with Crippen molar-refractivity contribution in [2.75, 3.05) is 7.11 Å². The lowest BCUT2D eigenvalue weighted by Gasteiger charge is -2.13. The smallest absolute Gasteiger partial charge is 0.303 e. The zero-order valence-electron chi connectivity index (χ0n) is 9.55. The van der Waals surface area contributed by atoms with E-state index in [4.69, 9.17) is 15.6 Å². The number of carboxylic acids is 1. The Kier molecular flexibility index (Phi) is 4.51. The van der Waals surface area contributed by atoms with E-state index in [0.717, 1.165) is 5.56 Å². The molecule has 0 aliphatic rings. The summed E-state index contributed by atoms with van der Waals surface area (Å²) in [5.41, 5.74) is 5.88. The Morgan fingerprint density at radius 2 is 1.88 bits per heavy atom. The van der Waals surface area contributed by atoms with Gasteiger partial charge in [0.2, 0.25) is 5.91 Å². The summed E-state index contributed by atoms with van der Waals surface area (Å²) in [5, 5.41) is 8.78. The summed E-state index contributed by atoms with van der Waals surface area (Å²) in [5.74, 6) is -1.17. The van der Waals surface area contributed by atoms with Crippen molar-refractivity contribution in [3.63, 3.8) is 0 Å². The number of nitrogens with two attached hydrogens (primary N) is 1. The molecule has 17 heavy (non-hydrogen) atoms. The molecule has 0 aliphatic heterocycles. The van der Waals surface area contributed by atoms with Gasteiger partial charge >= 0.3 is 5.97 Å². The van der Waals surface area contributed by atoms with Gasteiger partial charge in [-0.05, 0) is 17.7 Å². The third-order valence-corrected chi connectivity index (χ3v) is 2.46. The summed E-state index contributed by atoms with van der Waals surface area (Å²) < 4.78 is 5.00. The van der Waals surface area contributed by atoms with E-state index in [0.29, 0.717) is 5.75 Å². The van der Waals surface area contributed by atoms with E-state index >= 15 is 0 Å². The lowest BCUT2D eigenvalue weighted by molar-refractivity contribution is -0.137. The van der Waals surface area contributed by atoms with Crippen LogP contribution in [0.25, 0.3) is 0 Å². The van der Waals surface area contributed by atoms with Crippen LogP contribution >= 0.6 is 0 Å². The van der Waals surface area contributed by atoms with Crippen molar-refractivity contribution in [2.45, 2.75) is 18.8 Å². The number of benzene rings is 1. The van der Waals surface area contributed by atoms with Crippen molar-refractivity contribution in [3.05, 3.63) is 29.8 Å². The van der Waals surface area contributed by atoms with E-state index in [1.165, 1.54) is 0 Å². The molecule has 1 aromatic rings. The maximum absolute atomic E-state index is 10.9. The summed E-state index contributed by atoms with van der Waals surface area (Å²) in [4.78, 5) is 21.6. The molecule has 3 N–H and O–H groups in total. The highest BCUT2D eigenvalue weighted by molar-refractivity contribution is 5.76. The predicted molar refractivity (Wildman–Crippen MR) is 61.8 cm³/mol. The molecule has 1 atom stereocenters. The van der Waals surface area contributed by atoms with E-state index in [1.54, 1.807) is 31.4 Å². The van der Waals surface area contributed by atoms with Gasteiger partial charge in [0.25, 0.3) is 0 Å². The van der Waals surface area contributed by atoms with E-state index in [-0.39, 0.29) is 12.8 Å². The largest absolute Gasteiger partial charge is 0.497 e. The summed E-state index contributed by atoms with van der Waals surface area (Å²) in [6.45, 7) is 0. The normalized spacial score (nSPS) is 11.8. The zero-order chi connectivity index (χ0) is 12.8. The minimum atomic E-state index is -0.952. The van der Waals surface area contributed by atoms with E-state index in [1.807, 2.05) is 0 Å². The number of carboxylic acid groups (broad SMARTS) is 1. The van der Waals surface area contributed by atoms with Crippen molar-refractivity contribution < 1.29 is 19.4 Å². The minimum absolute atomic E-state index is 0.0264. The molecule has 0 bridgehead atoms. The maximum Gasteiger partial charge on any atom is 0.303 e. The molecule has 0 spiro atoms. The number of hydrogen-bond acceptors (Lipinski definition) is 3. The van der Waals surface area contributed by atoms with Crippen LogP contribution < -0.4 is 10.5 Å². The number of amides is 1. The van der Waals surface area contributed by atoms with Crippen LogP contribution in [-0.4, -0.2) is 24.1 Å². The molecule has 1 amide bonds. The van der Waals surface area contributed by atoms with Crippen molar-refractivity contribution in [1.82, 2.24) is 0 Å². The van der Waals surface area contributed by atoms with Gasteiger partial charge in [0.15, 0.2) is 0 Å². The number of rotatable bonds is 6. The van der Waals surface area contributed by atoms with Gasteiger partial charge in [-0.1, -0.05) is 12.1 Å². The third kappa shape index (κ3) is 4.14. The second-order valence-electron chi connectivity index (χ2n) is 3.74. The Hall–Kier alpha value is -2.04. The molecule has 0 heterocycles. The molecule has 0 fully saturated rings. The van der Waals surface area contributed by atoms with Crippen molar-refractivity contribution >= 4 is 11.9 Å². The van der Waals surface area contributed by atoms with Crippen LogP contribution in [0.2, 0.25) is 0 Å². The van der Waals surface area contributed by atoms with E-state index in [2.05, 4.69) is 0 Å². The maximum atomic E-state index is 10.9. The molecule has 0 unspecified atom stereocenters. The van der Waals surface area contributed by atoms with Gasteiger partial charge in [-0.25, -0.2) is 0 Å². The fourth-order valence-electron chi connectivity index (χ4n) is 1.64. The highest BCUT2D eigenvalue weighted by atomic mass is 16.5. The summed E-state index contributed by atoms with van der Waals surface area (Å²) in [6, 6.07) is 6.95. The Bertz CT molecular complexity index is 383. The Labute approximate surface area is 99.2 Å². The van der Waals surface area contributed by atoms with Crippen LogP contribution in [0.3, 0.4) is 0 Å². The van der Waals surface area contributed by atoms with Crippen LogP contribution in [-0.2, 0) is 9.59 Å². The minimum Gasteiger partial charge on any atom is -0.497 e. The fourth-order valence-corrected chi connectivity index (χ4v) is 1.64. The summed E-state index contributed by atoms with van der Waals surface area (Å²) in [7, 11) is 1.55. The van der Waals surface area contributed by atoms with Crippen LogP contribution in [0.1, 0.15) is 24.3 Å². The predicted octanol–water partition coefficient (Wildman–Crippen LogP) is 1.13. The van der Waals surface area contributed by atoms with Gasteiger partial charge in [-0.3, -0.25) is 9.59 Å². The lowest BCUT2D eigenvalue weighted by Crippen LogP contribution is -2.17. The van der Waals surface area contributed by atoms with Crippen molar-refractivity contribution in [1.29, 1.82) is 0 Å². The average Bonchev–Trinajstić information content (AvgIpc) is 2.27. The summed E-state index contributed by atoms with van der Waals surface area (Å²) >= 11 is 0. The monoisotopic (exact) mass is 237 g/mol. The van der Waals surface area contributed by atoms with Gasteiger partial charge in [0.05, 0.1) is 13.5 Å². The van der Waals surface area contributed by atoms with Gasteiger partial charge in [0.1, 0.15) is 5.75 Å².